The summed E-state index contributed by atoms with van der Waals surface area (Å²) in [4.78, 5) is 0. The first kappa shape index (κ1) is 12.6. The topological polar surface area (TPSA) is 9.23 Å². The van der Waals surface area contributed by atoms with Crippen molar-refractivity contribution >= 4 is 10.8 Å². The Labute approximate surface area is 98.8 Å². The highest BCUT2D eigenvalue weighted by molar-refractivity contribution is 5.91. The second-order valence-electron chi connectivity index (χ2n) is 3.53. The van der Waals surface area contributed by atoms with Gasteiger partial charge in [0.1, 0.15) is 5.75 Å². The van der Waals surface area contributed by atoms with Gasteiger partial charge in [-0.15, -0.1) is 0 Å². The van der Waals surface area contributed by atoms with Crippen LogP contribution in [0.4, 0.5) is 22.0 Å². The molecule has 0 saturated carbocycles. The normalized spacial score (nSPS) is 12.1. The third kappa shape index (κ3) is 2.37. The number of hydrogen-bond donors (Lipinski definition) is 0. The van der Waals surface area contributed by atoms with E-state index in [1.807, 2.05) is 0 Å². The molecule has 0 aliphatic heterocycles. The standard InChI is InChI=1S/C12H7F5O/c13-11(14)18-10-6-5-9(12(15,16)17)7-3-1-2-4-8(7)10/h1-6,11H. The lowest BCUT2D eigenvalue weighted by atomic mass is 10.0. The van der Waals surface area contributed by atoms with Crippen LogP contribution in [0, 0.1) is 0 Å². The average Bonchev–Trinajstić information content (AvgIpc) is 2.27. The van der Waals surface area contributed by atoms with Crippen LogP contribution in [0.15, 0.2) is 36.4 Å². The van der Waals surface area contributed by atoms with Gasteiger partial charge in [-0.05, 0) is 17.5 Å². The molecule has 0 radical (unpaired) electrons. The number of fused-ring (bicyclic) bond motifs is 1. The fraction of sp³-hybridized carbons (Fsp3) is 0.167. The van der Waals surface area contributed by atoms with Crippen molar-refractivity contribution in [1.82, 2.24) is 0 Å². The van der Waals surface area contributed by atoms with E-state index in [0.717, 1.165) is 12.1 Å². The molecule has 96 valence electrons. The van der Waals surface area contributed by atoms with Gasteiger partial charge in [0.15, 0.2) is 0 Å². The highest BCUT2D eigenvalue weighted by Crippen LogP contribution is 2.38. The van der Waals surface area contributed by atoms with E-state index in [1.165, 1.54) is 24.3 Å². The number of benzene rings is 2. The fourth-order valence-electron chi connectivity index (χ4n) is 1.72. The molecule has 0 heterocycles. The molecular formula is C12H7F5O. The highest BCUT2D eigenvalue weighted by Gasteiger charge is 2.33. The fourth-order valence-corrected chi connectivity index (χ4v) is 1.72. The Kier molecular flexibility index (Phi) is 3.11. The summed E-state index contributed by atoms with van der Waals surface area (Å²) in [6, 6.07) is 7.03. The van der Waals surface area contributed by atoms with Crippen LogP contribution in [-0.4, -0.2) is 6.61 Å². The van der Waals surface area contributed by atoms with Gasteiger partial charge in [0.05, 0.1) is 5.56 Å². The van der Waals surface area contributed by atoms with Gasteiger partial charge in [-0.1, -0.05) is 24.3 Å². The van der Waals surface area contributed by atoms with Crippen LogP contribution in [0.3, 0.4) is 0 Å². The van der Waals surface area contributed by atoms with Gasteiger partial charge >= 0.3 is 12.8 Å². The van der Waals surface area contributed by atoms with Gasteiger partial charge in [-0.25, -0.2) is 0 Å². The number of alkyl halides is 5. The van der Waals surface area contributed by atoms with Crippen LogP contribution < -0.4 is 4.74 Å². The molecule has 0 bridgehead atoms. The molecule has 0 unspecified atom stereocenters. The van der Waals surface area contributed by atoms with Crippen LogP contribution in [0.25, 0.3) is 10.8 Å². The Morgan fingerprint density at radius 3 is 2.06 bits per heavy atom. The van der Waals surface area contributed by atoms with Gasteiger partial charge in [-0.3, -0.25) is 0 Å². The van der Waals surface area contributed by atoms with E-state index < -0.39 is 18.4 Å². The van der Waals surface area contributed by atoms with E-state index in [1.54, 1.807) is 0 Å². The van der Waals surface area contributed by atoms with Crippen LogP contribution in [-0.2, 0) is 6.18 Å². The van der Waals surface area contributed by atoms with Crippen LogP contribution in [0.2, 0.25) is 0 Å². The first-order chi connectivity index (χ1) is 8.39. The SMILES string of the molecule is FC(F)Oc1ccc(C(F)(F)F)c2ccccc12. The first-order valence-electron chi connectivity index (χ1n) is 4.93. The van der Waals surface area contributed by atoms with Crippen LogP contribution in [0.5, 0.6) is 5.75 Å². The summed E-state index contributed by atoms with van der Waals surface area (Å²) in [5.74, 6) is -0.270. The predicted octanol–water partition coefficient (Wildman–Crippen LogP) is 4.46. The minimum absolute atomic E-state index is 0.00706. The molecule has 2 aromatic carbocycles. The third-order valence-electron chi connectivity index (χ3n) is 2.41. The minimum Gasteiger partial charge on any atom is -0.434 e. The summed E-state index contributed by atoms with van der Waals surface area (Å²) >= 11 is 0. The van der Waals surface area contributed by atoms with Crippen molar-refractivity contribution in [2.75, 3.05) is 0 Å². The van der Waals surface area contributed by atoms with E-state index >= 15 is 0 Å². The molecule has 2 rings (SSSR count). The number of halogens is 5. The maximum atomic E-state index is 12.7. The summed E-state index contributed by atoms with van der Waals surface area (Å²) in [7, 11) is 0. The summed E-state index contributed by atoms with van der Waals surface area (Å²) in [5, 5.41) is -0.157. The molecule has 0 saturated heterocycles. The van der Waals surface area contributed by atoms with Crippen molar-refractivity contribution in [2.45, 2.75) is 12.8 Å². The third-order valence-corrected chi connectivity index (χ3v) is 2.41. The van der Waals surface area contributed by atoms with Gasteiger partial charge < -0.3 is 4.74 Å². The minimum atomic E-state index is -4.54. The van der Waals surface area contributed by atoms with Crippen molar-refractivity contribution in [3.63, 3.8) is 0 Å². The second-order valence-corrected chi connectivity index (χ2v) is 3.53. The molecule has 0 aliphatic rings. The number of rotatable bonds is 2. The van der Waals surface area contributed by atoms with E-state index in [0.29, 0.717) is 0 Å². The second kappa shape index (κ2) is 4.44. The lowest BCUT2D eigenvalue weighted by molar-refractivity contribution is -0.136. The summed E-state index contributed by atoms with van der Waals surface area (Å²) in [6.07, 6.45) is -4.54. The summed E-state index contributed by atoms with van der Waals surface area (Å²) < 4.78 is 66.6. The molecule has 2 aromatic rings. The molecule has 0 aromatic heterocycles. The van der Waals surface area contributed by atoms with Crippen LogP contribution in [0.1, 0.15) is 5.56 Å². The van der Waals surface area contributed by atoms with Crippen molar-refractivity contribution in [1.29, 1.82) is 0 Å². The Hall–Kier alpha value is -1.85. The van der Waals surface area contributed by atoms with Gasteiger partial charge in [0, 0.05) is 5.39 Å². The smallest absolute Gasteiger partial charge is 0.417 e. The zero-order valence-electron chi connectivity index (χ0n) is 8.84. The Morgan fingerprint density at radius 1 is 0.889 bits per heavy atom. The monoisotopic (exact) mass is 262 g/mol. The van der Waals surface area contributed by atoms with E-state index in [9.17, 15) is 22.0 Å². The van der Waals surface area contributed by atoms with Gasteiger partial charge in [-0.2, -0.15) is 22.0 Å². The largest absolute Gasteiger partial charge is 0.434 e. The Morgan fingerprint density at radius 2 is 1.50 bits per heavy atom. The maximum absolute atomic E-state index is 12.7. The zero-order chi connectivity index (χ0) is 13.3. The molecule has 18 heavy (non-hydrogen) atoms. The average molecular weight is 262 g/mol. The molecule has 0 N–H and O–H groups in total. The van der Waals surface area contributed by atoms with Crippen molar-refractivity contribution in [3.05, 3.63) is 42.0 Å². The van der Waals surface area contributed by atoms with E-state index in [2.05, 4.69) is 4.74 Å². The zero-order valence-corrected chi connectivity index (χ0v) is 8.84. The summed E-state index contributed by atoms with van der Waals surface area (Å²) in [5.41, 5.74) is -0.875. The Balaban J connectivity index is 2.66. The van der Waals surface area contributed by atoms with E-state index in [-0.39, 0.29) is 16.5 Å². The summed E-state index contributed by atoms with van der Waals surface area (Å²) in [6.45, 7) is -3.08. The number of hydrogen-bond acceptors (Lipinski definition) is 1. The molecule has 0 fully saturated rings. The molecule has 6 heteroatoms. The van der Waals surface area contributed by atoms with Crippen LogP contribution >= 0.6 is 0 Å². The lowest BCUT2D eigenvalue weighted by Gasteiger charge is -2.13. The quantitative estimate of drug-likeness (QED) is 0.726. The predicted molar refractivity (Wildman–Crippen MR) is 55.6 cm³/mol. The molecular weight excluding hydrogens is 255 g/mol. The van der Waals surface area contributed by atoms with E-state index in [4.69, 9.17) is 0 Å². The molecule has 1 nitrogen and oxygen atoms in total. The van der Waals surface area contributed by atoms with Crippen molar-refractivity contribution in [3.8, 4) is 5.75 Å². The van der Waals surface area contributed by atoms with Crippen molar-refractivity contribution in [2.24, 2.45) is 0 Å². The lowest BCUT2D eigenvalue weighted by Crippen LogP contribution is -2.07. The van der Waals surface area contributed by atoms with Crippen molar-refractivity contribution < 1.29 is 26.7 Å². The molecule has 0 amide bonds. The molecule has 0 spiro atoms. The highest BCUT2D eigenvalue weighted by atomic mass is 19.4. The molecule has 0 atom stereocenters. The van der Waals surface area contributed by atoms with Gasteiger partial charge in [0.2, 0.25) is 0 Å². The maximum Gasteiger partial charge on any atom is 0.417 e. The first-order valence-corrected chi connectivity index (χ1v) is 4.93. The molecule has 0 aliphatic carbocycles. The number of ether oxygens (including phenoxy) is 1. The Bertz CT molecular complexity index is 562. The van der Waals surface area contributed by atoms with Gasteiger partial charge in [0.25, 0.3) is 0 Å².